The molecular weight excluding hydrogens is 240 g/mol. The molecule has 1 aliphatic carbocycles. The Balaban J connectivity index is 2.09. The maximum absolute atomic E-state index is 11.8. The molecule has 1 fully saturated rings. The van der Waals surface area contributed by atoms with E-state index in [2.05, 4.69) is 11.6 Å². The van der Waals surface area contributed by atoms with Gasteiger partial charge < -0.3 is 0 Å². The van der Waals surface area contributed by atoms with Gasteiger partial charge in [0.15, 0.2) is 0 Å². The molecule has 0 aliphatic heterocycles. The first-order valence-corrected chi connectivity index (χ1v) is 6.62. The van der Waals surface area contributed by atoms with Crippen LogP contribution in [0.25, 0.3) is 0 Å². The smallest absolute Gasteiger partial charge is 0.265 e. The molecule has 1 heterocycles. The van der Waals surface area contributed by atoms with Crippen LogP contribution in [0.4, 0.5) is 0 Å². The van der Waals surface area contributed by atoms with Crippen molar-refractivity contribution in [1.29, 1.82) is 0 Å². The maximum atomic E-state index is 11.8. The van der Waals surface area contributed by atoms with E-state index in [1.807, 2.05) is 4.72 Å². The largest absolute Gasteiger partial charge is 0.274 e. The fraction of sp³-hybridized carbons (Fsp3) is 0.273. The van der Waals surface area contributed by atoms with Gasteiger partial charge in [-0.1, -0.05) is 6.08 Å². The van der Waals surface area contributed by atoms with Crippen LogP contribution in [0.3, 0.4) is 0 Å². The number of rotatable bonds is 4. The van der Waals surface area contributed by atoms with Crippen LogP contribution >= 0.6 is 0 Å². The summed E-state index contributed by atoms with van der Waals surface area (Å²) in [5.41, 5.74) is 0. The summed E-state index contributed by atoms with van der Waals surface area (Å²) >= 11 is 0. The fourth-order valence-electron chi connectivity index (χ4n) is 1.55. The summed E-state index contributed by atoms with van der Waals surface area (Å²) in [6.45, 7) is 3.57. The highest BCUT2D eigenvalue weighted by molar-refractivity contribution is 7.90. The highest BCUT2D eigenvalue weighted by Crippen LogP contribution is 2.39. The van der Waals surface area contributed by atoms with E-state index in [0.717, 1.165) is 0 Å². The average molecular weight is 252 g/mol. The standard InChI is InChI=1S/C11H12N2O3S/c1-2-8-6-10(8)11(14)13-17(15,16)9-4-3-5-12-7-9/h2-5,7-8,10H,1,6H2,(H,13,14)/t8-,10-/m1/s1. The molecule has 90 valence electrons. The first-order valence-electron chi connectivity index (χ1n) is 5.14. The van der Waals surface area contributed by atoms with Crippen molar-refractivity contribution in [2.24, 2.45) is 11.8 Å². The molecule has 1 aromatic rings. The lowest BCUT2D eigenvalue weighted by molar-refractivity contribution is -0.120. The Morgan fingerprint density at radius 1 is 1.59 bits per heavy atom. The average Bonchev–Trinajstić information content (AvgIpc) is 3.09. The predicted molar refractivity (Wildman–Crippen MR) is 61.4 cm³/mol. The lowest BCUT2D eigenvalue weighted by Crippen LogP contribution is -2.32. The molecule has 0 bridgehead atoms. The number of pyridine rings is 1. The van der Waals surface area contributed by atoms with Crippen molar-refractivity contribution >= 4 is 15.9 Å². The molecule has 0 aromatic carbocycles. The van der Waals surface area contributed by atoms with Crippen LogP contribution < -0.4 is 4.72 Å². The molecule has 1 amide bonds. The van der Waals surface area contributed by atoms with Gasteiger partial charge >= 0.3 is 0 Å². The SMILES string of the molecule is C=C[C@@H]1C[C@H]1C(=O)NS(=O)(=O)c1cccnc1. The Hall–Kier alpha value is -1.69. The first kappa shape index (κ1) is 11.8. The number of aromatic nitrogens is 1. The zero-order chi connectivity index (χ0) is 12.5. The Kier molecular flexibility index (Phi) is 2.97. The summed E-state index contributed by atoms with van der Waals surface area (Å²) in [6, 6.07) is 2.89. The Labute approximate surface area is 99.6 Å². The summed E-state index contributed by atoms with van der Waals surface area (Å²) in [4.78, 5) is 15.3. The number of carbonyl (C=O) groups is 1. The molecule has 17 heavy (non-hydrogen) atoms. The number of amides is 1. The highest BCUT2D eigenvalue weighted by Gasteiger charge is 2.42. The summed E-state index contributed by atoms with van der Waals surface area (Å²) in [5, 5.41) is 0. The minimum atomic E-state index is -3.79. The van der Waals surface area contributed by atoms with Gasteiger partial charge in [-0.3, -0.25) is 9.78 Å². The van der Waals surface area contributed by atoms with Crippen LogP contribution in [0.2, 0.25) is 0 Å². The first-order chi connectivity index (χ1) is 8.04. The van der Waals surface area contributed by atoms with E-state index in [0.29, 0.717) is 6.42 Å². The molecule has 1 saturated carbocycles. The second-order valence-electron chi connectivity index (χ2n) is 3.90. The van der Waals surface area contributed by atoms with Gasteiger partial charge in [-0.15, -0.1) is 6.58 Å². The number of nitrogens with one attached hydrogen (secondary N) is 1. The molecule has 1 N–H and O–H groups in total. The van der Waals surface area contributed by atoms with Gasteiger partial charge in [0.25, 0.3) is 10.0 Å². The second kappa shape index (κ2) is 4.29. The number of carbonyl (C=O) groups excluding carboxylic acids is 1. The molecule has 5 nitrogen and oxygen atoms in total. The number of allylic oxidation sites excluding steroid dienone is 1. The van der Waals surface area contributed by atoms with E-state index in [4.69, 9.17) is 0 Å². The predicted octanol–water partition coefficient (Wildman–Crippen LogP) is 0.709. The minimum Gasteiger partial charge on any atom is -0.274 e. The Morgan fingerprint density at radius 3 is 2.88 bits per heavy atom. The molecular formula is C11H12N2O3S. The normalized spacial score (nSPS) is 22.8. The van der Waals surface area contributed by atoms with E-state index >= 15 is 0 Å². The summed E-state index contributed by atoms with van der Waals surface area (Å²) < 4.78 is 25.6. The number of nitrogens with zero attached hydrogens (tertiary/aromatic N) is 1. The van der Waals surface area contributed by atoms with Crippen molar-refractivity contribution in [3.05, 3.63) is 37.2 Å². The number of hydrogen-bond acceptors (Lipinski definition) is 4. The Morgan fingerprint density at radius 2 is 2.35 bits per heavy atom. The van der Waals surface area contributed by atoms with Crippen molar-refractivity contribution in [2.75, 3.05) is 0 Å². The van der Waals surface area contributed by atoms with Crippen molar-refractivity contribution in [2.45, 2.75) is 11.3 Å². The summed E-state index contributed by atoms with van der Waals surface area (Å²) in [7, 11) is -3.79. The molecule has 2 rings (SSSR count). The molecule has 2 atom stereocenters. The zero-order valence-corrected chi connectivity index (χ0v) is 9.85. The molecule has 0 spiro atoms. The van der Waals surface area contributed by atoms with Crippen molar-refractivity contribution in [3.63, 3.8) is 0 Å². The van der Waals surface area contributed by atoms with E-state index in [9.17, 15) is 13.2 Å². The summed E-state index contributed by atoms with van der Waals surface area (Å²) in [5.74, 6) is -0.642. The second-order valence-corrected chi connectivity index (χ2v) is 5.58. The molecule has 0 radical (unpaired) electrons. The van der Waals surface area contributed by atoms with Gasteiger partial charge in [-0.25, -0.2) is 13.1 Å². The van der Waals surface area contributed by atoms with Gasteiger partial charge in [-0.2, -0.15) is 0 Å². The van der Waals surface area contributed by atoms with E-state index in [-0.39, 0.29) is 16.7 Å². The maximum Gasteiger partial charge on any atom is 0.265 e. The number of sulfonamides is 1. The Bertz CT molecular complexity index is 539. The quantitative estimate of drug-likeness (QED) is 0.801. The fourth-order valence-corrected chi connectivity index (χ4v) is 2.54. The summed E-state index contributed by atoms with van der Waals surface area (Å²) in [6.07, 6.45) is 5.00. The van der Waals surface area contributed by atoms with Crippen LogP contribution in [0.1, 0.15) is 6.42 Å². The van der Waals surface area contributed by atoms with E-state index < -0.39 is 15.9 Å². The third-order valence-electron chi connectivity index (χ3n) is 2.66. The monoisotopic (exact) mass is 252 g/mol. The molecule has 6 heteroatoms. The van der Waals surface area contributed by atoms with Crippen LogP contribution in [0.5, 0.6) is 0 Å². The highest BCUT2D eigenvalue weighted by atomic mass is 32.2. The van der Waals surface area contributed by atoms with Gasteiger partial charge in [0.1, 0.15) is 4.90 Å². The number of hydrogen-bond donors (Lipinski definition) is 1. The van der Waals surface area contributed by atoms with Crippen LogP contribution in [0.15, 0.2) is 42.1 Å². The van der Waals surface area contributed by atoms with Crippen molar-refractivity contribution < 1.29 is 13.2 Å². The van der Waals surface area contributed by atoms with Gasteiger partial charge in [0.05, 0.1) is 0 Å². The van der Waals surface area contributed by atoms with Gasteiger partial charge in [0.2, 0.25) is 5.91 Å². The lowest BCUT2D eigenvalue weighted by atomic mass is 10.3. The third kappa shape index (κ3) is 2.52. The topological polar surface area (TPSA) is 76.1 Å². The molecule has 0 unspecified atom stereocenters. The van der Waals surface area contributed by atoms with Gasteiger partial charge in [-0.05, 0) is 24.5 Å². The van der Waals surface area contributed by atoms with Crippen molar-refractivity contribution in [3.8, 4) is 0 Å². The third-order valence-corrected chi connectivity index (χ3v) is 3.99. The molecule has 0 saturated heterocycles. The van der Waals surface area contributed by atoms with E-state index in [1.54, 1.807) is 6.08 Å². The van der Waals surface area contributed by atoms with Crippen LogP contribution in [0, 0.1) is 11.8 Å². The molecule has 1 aromatic heterocycles. The lowest BCUT2D eigenvalue weighted by Gasteiger charge is -2.05. The van der Waals surface area contributed by atoms with Crippen LogP contribution in [-0.4, -0.2) is 19.3 Å². The minimum absolute atomic E-state index is 0.0100. The van der Waals surface area contributed by atoms with Gasteiger partial charge in [0, 0.05) is 18.3 Å². The van der Waals surface area contributed by atoms with Crippen LogP contribution in [-0.2, 0) is 14.8 Å². The molecule has 1 aliphatic rings. The van der Waals surface area contributed by atoms with E-state index in [1.165, 1.54) is 24.5 Å². The zero-order valence-electron chi connectivity index (χ0n) is 9.04. The van der Waals surface area contributed by atoms with Crippen molar-refractivity contribution in [1.82, 2.24) is 9.71 Å².